The summed E-state index contributed by atoms with van der Waals surface area (Å²) in [5.74, 6) is 0.346. The van der Waals surface area contributed by atoms with E-state index in [4.69, 9.17) is 15.7 Å². The van der Waals surface area contributed by atoms with Gasteiger partial charge in [0, 0.05) is 5.39 Å². The van der Waals surface area contributed by atoms with E-state index in [0.29, 0.717) is 11.4 Å². The van der Waals surface area contributed by atoms with E-state index >= 15 is 0 Å². The number of hydrogen-bond acceptors (Lipinski definition) is 4. The van der Waals surface area contributed by atoms with Gasteiger partial charge >= 0.3 is 0 Å². The van der Waals surface area contributed by atoms with Crippen LogP contribution in [0.4, 0.5) is 0 Å². The molecule has 0 fully saturated rings. The number of hydrogen-bond donors (Lipinski definition) is 2. The van der Waals surface area contributed by atoms with Gasteiger partial charge in [-0.25, -0.2) is 4.98 Å². The third kappa shape index (κ3) is 2.93. The van der Waals surface area contributed by atoms with Crippen molar-refractivity contribution in [1.82, 2.24) is 4.98 Å². The molecular formula is C14H17N3O2. The van der Waals surface area contributed by atoms with E-state index in [1.165, 1.54) is 0 Å². The van der Waals surface area contributed by atoms with Crippen molar-refractivity contribution < 1.29 is 9.94 Å². The first kappa shape index (κ1) is 13.1. The van der Waals surface area contributed by atoms with Crippen LogP contribution in [0.3, 0.4) is 0 Å². The first-order valence-corrected chi connectivity index (χ1v) is 5.97. The van der Waals surface area contributed by atoms with E-state index in [1.54, 1.807) is 6.07 Å². The topological polar surface area (TPSA) is 80.7 Å². The fourth-order valence-corrected chi connectivity index (χ4v) is 1.70. The lowest BCUT2D eigenvalue weighted by atomic mass is 10.1. The SMILES string of the molecule is CC(C)(C)Oc1nc2ccccc2cc1C(N)=NO. The maximum absolute atomic E-state index is 8.86. The molecule has 19 heavy (non-hydrogen) atoms. The Morgan fingerprint density at radius 2 is 2.00 bits per heavy atom. The van der Waals surface area contributed by atoms with Gasteiger partial charge in [-0.15, -0.1) is 0 Å². The van der Waals surface area contributed by atoms with Gasteiger partial charge in [-0.1, -0.05) is 23.4 Å². The number of fused-ring (bicyclic) bond motifs is 1. The van der Waals surface area contributed by atoms with Gasteiger partial charge in [-0.3, -0.25) is 0 Å². The molecular weight excluding hydrogens is 242 g/mol. The summed E-state index contributed by atoms with van der Waals surface area (Å²) < 4.78 is 5.78. The van der Waals surface area contributed by atoms with Crippen molar-refractivity contribution in [3.63, 3.8) is 0 Å². The Kier molecular flexibility index (Phi) is 3.29. The molecule has 5 heteroatoms. The molecule has 0 bridgehead atoms. The number of pyridine rings is 1. The van der Waals surface area contributed by atoms with Crippen molar-refractivity contribution in [3.05, 3.63) is 35.9 Å². The number of benzene rings is 1. The van der Waals surface area contributed by atoms with Gasteiger partial charge in [-0.05, 0) is 32.9 Å². The summed E-state index contributed by atoms with van der Waals surface area (Å²) in [5.41, 5.74) is 6.55. The van der Waals surface area contributed by atoms with Crippen LogP contribution in [0.5, 0.6) is 5.88 Å². The summed E-state index contributed by atoms with van der Waals surface area (Å²) in [5, 5.41) is 12.8. The van der Waals surface area contributed by atoms with E-state index in [0.717, 1.165) is 10.9 Å². The number of rotatable bonds is 2. The van der Waals surface area contributed by atoms with Gasteiger partial charge in [-0.2, -0.15) is 0 Å². The highest BCUT2D eigenvalue weighted by atomic mass is 16.5. The van der Waals surface area contributed by atoms with Gasteiger partial charge in [0.05, 0.1) is 11.1 Å². The van der Waals surface area contributed by atoms with Crippen LogP contribution in [0.25, 0.3) is 10.9 Å². The molecule has 5 nitrogen and oxygen atoms in total. The van der Waals surface area contributed by atoms with Crippen LogP contribution in [0, 0.1) is 0 Å². The normalized spacial score (nSPS) is 12.7. The van der Waals surface area contributed by atoms with Crippen molar-refractivity contribution in [1.29, 1.82) is 0 Å². The lowest BCUT2D eigenvalue weighted by molar-refractivity contribution is 0.124. The Bertz CT molecular complexity index is 630. The average Bonchev–Trinajstić information content (AvgIpc) is 2.35. The number of aromatic nitrogens is 1. The molecule has 0 saturated carbocycles. The third-order valence-corrected chi connectivity index (χ3v) is 2.48. The largest absolute Gasteiger partial charge is 0.471 e. The third-order valence-electron chi connectivity index (χ3n) is 2.48. The first-order chi connectivity index (χ1) is 8.90. The molecule has 100 valence electrons. The van der Waals surface area contributed by atoms with Crippen LogP contribution in [0.2, 0.25) is 0 Å². The molecule has 0 radical (unpaired) electrons. The van der Waals surface area contributed by atoms with E-state index in [1.807, 2.05) is 45.0 Å². The Hall–Kier alpha value is -2.30. The van der Waals surface area contributed by atoms with Gasteiger partial charge in [0.1, 0.15) is 5.60 Å². The summed E-state index contributed by atoms with van der Waals surface area (Å²) >= 11 is 0. The molecule has 1 aromatic carbocycles. The summed E-state index contributed by atoms with van der Waals surface area (Å²) in [6.07, 6.45) is 0. The second kappa shape index (κ2) is 4.76. The Morgan fingerprint density at radius 1 is 1.32 bits per heavy atom. The van der Waals surface area contributed by atoms with Crippen molar-refractivity contribution in [2.75, 3.05) is 0 Å². The number of nitrogens with zero attached hydrogens (tertiary/aromatic N) is 2. The number of para-hydroxylation sites is 1. The van der Waals surface area contributed by atoms with Crippen LogP contribution in [0.15, 0.2) is 35.5 Å². The van der Waals surface area contributed by atoms with Gasteiger partial charge in [0.2, 0.25) is 5.88 Å². The molecule has 0 atom stereocenters. The molecule has 2 rings (SSSR count). The molecule has 2 aromatic rings. The molecule has 1 heterocycles. The minimum Gasteiger partial charge on any atom is -0.471 e. The predicted octanol–water partition coefficient (Wildman–Crippen LogP) is 2.51. The zero-order chi connectivity index (χ0) is 14.0. The Labute approximate surface area is 111 Å². The van der Waals surface area contributed by atoms with Gasteiger partial charge < -0.3 is 15.7 Å². The lowest BCUT2D eigenvalue weighted by Gasteiger charge is -2.22. The number of oxime groups is 1. The zero-order valence-corrected chi connectivity index (χ0v) is 11.2. The minimum atomic E-state index is -0.417. The van der Waals surface area contributed by atoms with Crippen LogP contribution in [-0.4, -0.2) is 21.6 Å². The predicted molar refractivity (Wildman–Crippen MR) is 74.6 cm³/mol. The molecule has 0 aliphatic carbocycles. The molecule has 1 aromatic heterocycles. The summed E-state index contributed by atoms with van der Waals surface area (Å²) in [6.45, 7) is 5.75. The zero-order valence-electron chi connectivity index (χ0n) is 11.2. The van der Waals surface area contributed by atoms with E-state index in [2.05, 4.69) is 10.1 Å². The smallest absolute Gasteiger partial charge is 0.225 e. The molecule has 0 aliphatic heterocycles. The van der Waals surface area contributed by atoms with Gasteiger partial charge in [0.15, 0.2) is 5.84 Å². The summed E-state index contributed by atoms with van der Waals surface area (Å²) in [7, 11) is 0. The Balaban J connectivity index is 2.64. The molecule has 0 amide bonds. The number of nitrogens with two attached hydrogens (primary N) is 1. The second-order valence-corrected chi connectivity index (χ2v) is 5.23. The van der Waals surface area contributed by atoms with Crippen LogP contribution >= 0.6 is 0 Å². The standard InChI is InChI=1S/C14H17N3O2/c1-14(2,3)19-13-10(12(15)17-18)8-9-6-4-5-7-11(9)16-13/h4-8,18H,1-3H3,(H2,15,17). The molecule has 0 unspecified atom stereocenters. The van der Waals surface area contributed by atoms with Crippen molar-refractivity contribution >= 4 is 16.7 Å². The summed E-state index contributed by atoms with van der Waals surface area (Å²) in [4.78, 5) is 4.44. The summed E-state index contributed by atoms with van der Waals surface area (Å²) in [6, 6.07) is 9.42. The average molecular weight is 259 g/mol. The second-order valence-electron chi connectivity index (χ2n) is 5.23. The fraction of sp³-hybridized carbons (Fsp3) is 0.286. The minimum absolute atomic E-state index is 0.0162. The molecule has 0 aliphatic rings. The molecule has 3 N–H and O–H groups in total. The van der Waals surface area contributed by atoms with Crippen LogP contribution in [0.1, 0.15) is 26.3 Å². The highest BCUT2D eigenvalue weighted by Gasteiger charge is 2.18. The quantitative estimate of drug-likeness (QED) is 0.376. The molecule has 0 saturated heterocycles. The Morgan fingerprint density at radius 3 is 2.63 bits per heavy atom. The molecule has 0 spiro atoms. The van der Waals surface area contributed by atoms with Crippen LogP contribution < -0.4 is 10.5 Å². The van der Waals surface area contributed by atoms with E-state index < -0.39 is 5.60 Å². The first-order valence-electron chi connectivity index (χ1n) is 5.97. The van der Waals surface area contributed by atoms with Crippen molar-refractivity contribution in [2.24, 2.45) is 10.9 Å². The van der Waals surface area contributed by atoms with Crippen molar-refractivity contribution in [3.8, 4) is 5.88 Å². The number of ether oxygens (including phenoxy) is 1. The number of amidine groups is 1. The highest BCUT2D eigenvalue weighted by Crippen LogP contribution is 2.25. The highest BCUT2D eigenvalue weighted by molar-refractivity contribution is 6.02. The maximum Gasteiger partial charge on any atom is 0.225 e. The van der Waals surface area contributed by atoms with E-state index in [-0.39, 0.29) is 5.84 Å². The lowest BCUT2D eigenvalue weighted by Crippen LogP contribution is -2.26. The van der Waals surface area contributed by atoms with Gasteiger partial charge in [0.25, 0.3) is 0 Å². The monoisotopic (exact) mass is 259 g/mol. The fourth-order valence-electron chi connectivity index (χ4n) is 1.70. The van der Waals surface area contributed by atoms with Crippen LogP contribution in [-0.2, 0) is 0 Å². The van der Waals surface area contributed by atoms with Crippen molar-refractivity contribution in [2.45, 2.75) is 26.4 Å². The van der Waals surface area contributed by atoms with E-state index in [9.17, 15) is 0 Å². The maximum atomic E-state index is 8.86.